The summed E-state index contributed by atoms with van der Waals surface area (Å²) in [6, 6.07) is 3.14. The Bertz CT molecular complexity index is 489. The first-order chi connectivity index (χ1) is 9.84. The van der Waals surface area contributed by atoms with Gasteiger partial charge >= 0.3 is 0 Å². The number of hydrogen-bond acceptors (Lipinski definition) is 4. The third kappa shape index (κ3) is 2.00. The van der Waals surface area contributed by atoms with Crippen molar-refractivity contribution in [1.82, 2.24) is 15.1 Å². The molecule has 0 radical (unpaired) electrons. The summed E-state index contributed by atoms with van der Waals surface area (Å²) >= 11 is 1.71. The van der Waals surface area contributed by atoms with Crippen LogP contribution in [0, 0.1) is 0 Å². The van der Waals surface area contributed by atoms with Gasteiger partial charge in [0.25, 0.3) is 0 Å². The van der Waals surface area contributed by atoms with Crippen LogP contribution in [0.2, 0.25) is 0 Å². The molecule has 0 saturated carbocycles. The minimum atomic E-state index is 0.0978. The highest BCUT2D eigenvalue weighted by atomic mass is 32.1. The molecule has 3 aliphatic heterocycles. The minimum Gasteiger partial charge on any atom is -0.317 e. The highest BCUT2D eigenvalue weighted by Gasteiger charge is 2.45. The third-order valence-corrected chi connectivity index (χ3v) is 5.75. The van der Waals surface area contributed by atoms with E-state index in [1.165, 1.54) is 31.4 Å². The van der Waals surface area contributed by atoms with Crippen LogP contribution in [0.15, 0.2) is 16.8 Å². The lowest BCUT2D eigenvalue weighted by molar-refractivity contribution is -0.131. The molecule has 0 aliphatic carbocycles. The predicted molar refractivity (Wildman–Crippen MR) is 79.5 cm³/mol. The molecular formula is C15H21N3OS. The van der Waals surface area contributed by atoms with E-state index in [1.54, 1.807) is 11.3 Å². The van der Waals surface area contributed by atoms with Gasteiger partial charge in [0.1, 0.15) is 6.17 Å². The first-order valence-electron chi connectivity index (χ1n) is 7.65. The topological polar surface area (TPSA) is 35.6 Å². The van der Waals surface area contributed by atoms with Gasteiger partial charge in [-0.3, -0.25) is 15.0 Å². The number of nitrogens with zero attached hydrogens (tertiary/aromatic N) is 2. The van der Waals surface area contributed by atoms with Crippen LogP contribution in [0.4, 0.5) is 0 Å². The fourth-order valence-electron chi connectivity index (χ4n) is 4.15. The van der Waals surface area contributed by atoms with Gasteiger partial charge in [0.2, 0.25) is 5.91 Å². The van der Waals surface area contributed by atoms with Crippen molar-refractivity contribution in [2.75, 3.05) is 19.6 Å². The molecule has 3 atom stereocenters. The summed E-state index contributed by atoms with van der Waals surface area (Å²) in [5.41, 5.74) is 1.25. The number of nitrogens with one attached hydrogen (secondary N) is 1. The first kappa shape index (κ1) is 12.8. The number of amides is 1. The van der Waals surface area contributed by atoms with Crippen molar-refractivity contribution < 1.29 is 4.79 Å². The summed E-state index contributed by atoms with van der Waals surface area (Å²) in [5.74, 6) is 0.277. The lowest BCUT2D eigenvalue weighted by Gasteiger charge is -2.38. The molecular weight excluding hydrogens is 270 g/mol. The van der Waals surface area contributed by atoms with Crippen molar-refractivity contribution in [3.8, 4) is 0 Å². The van der Waals surface area contributed by atoms with E-state index in [0.717, 1.165) is 13.0 Å². The van der Waals surface area contributed by atoms with Gasteiger partial charge in [-0.15, -0.1) is 0 Å². The molecule has 0 bridgehead atoms. The molecule has 0 spiro atoms. The van der Waals surface area contributed by atoms with Crippen molar-refractivity contribution in [2.45, 2.75) is 43.9 Å². The fraction of sp³-hybridized carbons (Fsp3) is 0.667. The lowest BCUT2D eigenvalue weighted by atomic mass is 9.97. The average Bonchev–Trinajstić information content (AvgIpc) is 3.16. The minimum absolute atomic E-state index is 0.0978. The van der Waals surface area contributed by atoms with Crippen molar-refractivity contribution >= 4 is 17.2 Å². The second-order valence-corrected chi connectivity index (χ2v) is 6.88. The Hall–Kier alpha value is -0.910. The number of hydrogen-bond donors (Lipinski definition) is 1. The summed E-state index contributed by atoms with van der Waals surface area (Å²) in [6.07, 6.45) is 5.13. The first-order valence-corrected chi connectivity index (χ1v) is 8.59. The summed E-state index contributed by atoms with van der Waals surface area (Å²) < 4.78 is 0. The van der Waals surface area contributed by atoms with Crippen LogP contribution < -0.4 is 5.32 Å². The molecule has 3 unspecified atom stereocenters. The standard InChI is InChI=1S/C15H21N3OS/c19-14-9-16-15(11-5-8-20-10-11)18(14)13-4-7-17-6-2-1-3-12(13)17/h5,8,10,12-13,15-16H,1-4,6-7,9H2. The molecule has 1 N–H and O–H groups in total. The van der Waals surface area contributed by atoms with Crippen LogP contribution in [-0.2, 0) is 4.79 Å². The SMILES string of the molecule is O=C1CNC(c2ccsc2)N1C1CCN2CCCCC12. The van der Waals surface area contributed by atoms with Gasteiger partial charge in [-0.2, -0.15) is 11.3 Å². The van der Waals surface area contributed by atoms with Crippen molar-refractivity contribution in [2.24, 2.45) is 0 Å². The maximum absolute atomic E-state index is 12.4. The Balaban J connectivity index is 1.60. The summed E-state index contributed by atoms with van der Waals surface area (Å²) in [6.45, 7) is 2.87. The largest absolute Gasteiger partial charge is 0.317 e. The van der Waals surface area contributed by atoms with E-state index in [4.69, 9.17) is 0 Å². The molecule has 4 rings (SSSR count). The molecule has 1 amide bonds. The number of rotatable bonds is 2. The second kappa shape index (κ2) is 5.13. The Morgan fingerprint density at radius 2 is 2.15 bits per heavy atom. The highest BCUT2D eigenvalue weighted by Crippen LogP contribution is 2.36. The van der Waals surface area contributed by atoms with Crippen molar-refractivity contribution in [3.63, 3.8) is 0 Å². The zero-order valence-corrected chi connectivity index (χ0v) is 12.4. The van der Waals surface area contributed by atoms with Gasteiger partial charge in [-0.25, -0.2) is 0 Å². The van der Waals surface area contributed by atoms with E-state index in [-0.39, 0.29) is 12.1 Å². The molecule has 3 fully saturated rings. The number of fused-ring (bicyclic) bond motifs is 1. The number of carbonyl (C=O) groups excluding carboxylic acids is 1. The van der Waals surface area contributed by atoms with Crippen molar-refractivity contribution in [1.29, 1.82) is 0 Å². The smallest absolute Gasteiger partial charge is 0.238 e. The molecule has 108 valence electrons. The summed E-state index contributed by atoms with van der Waals surface area (Å²) in [5, 5.41) is 7.66. The monoisotopic (exact) mass is 291 g/mol. The van der Waals surface area contributed by atoms with Crippen LogP contribution in [0.25, 0.3) is 0 Å². The van der Waals surface area contributed by atoms with E-state index in [0.29, 0.717) is 18.6 Å². The molecule has 3 saturated heterocycles. The molecule has 20 heavy (non-hydrogen) atoms. The normalized spacial score (nSPS) is 34.7. The Morgan fingerprint density at radius 1 is 1.20 bits per heavy atom. The zero-order chi connectivity index (χ0) is 13.5. The van der Waals surface area contributed by atoms with Gasteiger partial charge in [-0.1, -0.05) is 6.42 Å². The van der Waals surface area contributed by atoms with Crippen molar-refractivity contribution in [3.05, 3.63) is 22.4 Å². The van der Waals surface area contributed by atoms with Gasteiger partial charge < -0.3 is 4.90 Å². The van der Waals surface area contributed by atoms with Gasteiger partial charge in [0.05, 0.1) is 12.6 Å². The maximum atomic E-state index is 12.4. The fourth-order valence-corrected chi connectivity index (χ4v) is 4.83. The van der Waals surface area contributed by atoms with Gasteiger partial charge in [0, 0.05) is 12.6 Å². The molecule has 4 heterocycles. The van der Waals surface area contributed by atoms with Gasteiger partial charge in [-0.05, 0) is 48.2 Å². The van der Waals surface area contributed by atoms with E-state index >= 15 is 0 Å². The second-order valence-electron chi connectivity index (χ2n) is 6.10. The van der Waals surface area contributed by atoms with Crippen LogP contribution in [0.5, 0.6) is 0 Å². The summed E-state index contributed by atoms with van der Waals surface area (Å²) in [4.78, 5) is 17.1. The molecule has 1 aromatic rings. The van der Waals surface area contributed by atoms with Crippen LogP contribution in [-0.4, -0.2) is 47.4 Å². The zero-order valence-electron chi connectivity index (χ0n) is 11.6. The Kier molecular flexibility index (Phi) is 3.28. The number of carbonyl (C=O) groups is 1. The predicted octanol–water partition coefficient (Wildman–Crippen LogP) is 1.81. The van der Waals surface area contributed by atoms with E-state index in [9.17, 15) is 4.79 Å². The lowest BCUT2D eigenvalue weighted by Crippen LogP contribution is -2.48. The van der Waals surface area contributed by atoms with E-state index in [1.807, 2.05) is 0 Å². The summed E-state index contributed by atoms with van der Waals surface area (Å²) in [7, 11) is 0. The Morgan fingerprint density at radius 3 is 3.00 bits per heavy atom. The van der Waals surface area contributed by atoms with Crippen LogP contribution in [0.1, 0.15) is 37.4 Å². The third-order valence-electron chi connectivity index (χ3n) is 5.05. The van der Waals surface area contributed by atoms with E-state index in [2.05, 4.69) is 31.9 Å². The molecule has 1 aromatic heterocycles. The molecule has 3 aliphatic rings. The molecule has 0 aromatic carbocycles. The molecule has 5 heteroatoms. The quantitative estimate of drug-likeness (QED) is 0.902. The maximum Gasteiger partial charge on any atom is 0.238 e. The highest BCUT2D eigenvalue weighted by molar-refractivity contribution is 7.07. The van der Waals surface area contributed by atoms with Gasteiger partial charge in [0.15, 0.2) is 0 Å². The Labute approximate surface area is 123 Å². The van der Waals surface area contributed by atoms with E-state index < -0.39 is 0 Å². The van der Waals surface area contributed by atoms with Crippen LogP contribution >= 0.6 is 11.3 Å². The van der Waals surface area contributed by atoms with Crippen LogP contribution in [0.3, 0.4) is 0 Å². The average molecular weight is 291 g/mol. The number of thiophene rings is 1. The number of piperidine rings is 1. The molecule has 4 nitrogen and oxygen atoms in total.